The molecule has 0 aliphatic carbocycles. The number of unbranched alkanes of at least 4 members (excludes halogenated alkanes) is 1. The number of guanidine groups is 1. The average molecular weight is 943 g/mol. The molecule has 17 N–H and O–H groups in total. The molecule has 8 amide bonds. The maximum Gasteiger partial charge on any atom is 0.326 e. The van der Waals surface area contributed by atoms with Gasteiger partial charge in [0.2, 0.25) is 47.3 Å². The van der Waals surface area contributed by atoms with Gasteiger partial charge in [0, 0.05) is 26.6 Å². The Hall–Kier alpha value is -5.66. The molecule has 0 unspecified atom stereocenters. The van der Waals surface area contributed by atoms with E-state index in [1.807, 2.05) is 0 Å². The fraction of sp³-hybridized carbons (Fsp3) is 0.756. The Kier molecular flexibility index (Phi) is 26.3. The molecule has 0 aromatic heterocycles. The van der Waals surface area contributed by atoms with Gasteiger partial charge in [-0.05, 0) is 70.1 Å². The summed E-state index contributed by atoms with van der Waals surface area (Å²) in [4.78, 5) is 123. The molecule has 0 spiro atoms. The van der Waals surface area contributed by atoms with Crippen molar-refractivity contribution in [2.75, 3.05) is 32.8 Å². The number of hydrogen-bond donors (Lipinski definition) is 14. The summed E-state index contributed by atoms with van der Waals surface area (Å²) >= 11 is 0. The summed E-state index contributed by atoms with van der Waals surface area (Å²) in [5.41, 5.74) is 16.4. The number of aliphatic carboxylic acids is 1. The smallest absolute Gasteiger partial charge is 0.326 e. The van der Waals surface area contributed by atoms with Crippen molar-refractivity contribution >= 4 is 59.2 Å². The first-order valence-corrected chi connectivity index (χ1v) is 22.3. The number of nitrogens with one attached hydrogen (secondary N) is 7. The SMILES string of the molecule is CC[C@H](C)[C@H](NC(=O)[C@H](CCCCNC(C)=O)NC(=O)[C@H](CO)NC(=O)[C@@H](NC(=O)[C@@H]1CCCN1C(=O)[C@H](CC(C)C)NC(=O)[C@H](CCCN=C(N)N)NC(=O)[C@@H](N)CO)[C@@H](C)O)C(=O)O. The van der Waals surface area contributed by atoms with Gasteiger partial charge < -0.3 is 79.7 Å². The van der Waals surface area contributed by atoms with E-state index in [0.29, 0.717) is 25.7 Å². The molecule has 10 atom stereocenters. The number of carbonyl (C=O) groups excluding carboxylic acids is 8. The molecule has 1 fully saturated rings. The molecule has 0 aromatic rings. The number of aliphatic hydroxyl groups excluding tert-OH is 3. The van der Waals surface area contributed by atoms with Crippen molar-refractivity contribution < 1.29 is 63.6 Å². The van der Waals surface area contributed by atoms with Gasteiger partial charge in [-0.1, -0.05) is 34.1 Å². The Balaban J connectivity index is 3.26. The van der Waals surface area contributed by atoms with Crippen molar-refractivity contribution in [1.82, 2.24) is 42.1 Å². The van der Waals surface area contributed by atoms with E-state index >= 15 is 0 Å². The van der Waals surface area contributed by atoms with Gasteiger partial charge >= 0.3 is 5.97 Å². The number of nitrogens with two attached hydrogens (primary N) is 3. The lowest BCUT2D eigenvalue weighted by Gasteiger charge is -2.32. The fourth-order valence-corrected chi connectivity index (χ4v) is 6.93. The predicted octanol–water partition coefficient (Wildman–Crippen LogP) is -4.88. The van der Waals surface area contributed by atoms with Crippen LogP contribution in [0.15, 0.2) is 4.99 Å². The van der Waals surface area contributed by atoms with E-state index in [0.717, 1.165) is 0 Å². The minimum atomic E-state index is -1.73. The lowest BCUT2D eigenvalue weighted by atomic mass is 9.98. The Labute approximate surface area is 384 Å². The van der Waals surface area contributed by atoms with E-state index < -0.39 is 121 Å². The van der Waals surface area contributed by atoms with Crippen LogP contribution in [0.25, 0.3) is 0 Å². The summed E-state index contributed by atoms with van der Waals surface area (Å²) in [7, 11) is 0. The molecule has 1 aliphatic heterocycles. The zero-order valence-electron chi connectivity index (χ0n) is 38.8. The summed E-state index contributed by atoms with van der Waals surface area (Å²) in [6.07, 6.45) is 0.342. The Morgan fingerprint density at radius 1 is 0.727 bits per heavy atom. The second-order valence-corrected chi connectivity index (χ2v) is 16.9. The average Bonchev–Trinajstić information content (AvgIpc) is 3.75. The van der Waals surface area contributed by atoms with E-state index in [2.05, 4.69) is 42.2 Å². The molecule has 25 nitrogen and oxygen atoms in total. The number of rotatable bonds is 30. The minimum Gasteiger partial charge on any atom is -0.480 e. The van der Waals surface area contributed by atoms with E-state index in [-0.39, 0.29) is 69.5 Å². The maximum absolute atomic E-state index is 14.2. The Morgan fingerprint density at radius 2 is 1.29 bits per heavy atom. The monoisotopic (exact) mass is 943 g/mol. The highest BCUT2D eigenvalue weighted by Crippen LogP contribution is 2.21. The molecule has 1 heterocycles. The normalized spacial score (nSPS) is 17.6. The fourth-order valence-electron chi connectivity index (χ4n) is 6.93. The quantitative estimate of drug-likeness (QED) is 0.0182. The number of carbonyl (C=O) groups is 9. The van der Waals surface area contributed by atoms with Crippen LogP contribution in [0.2, 0.25) is 0 Å². The number of hydrogen-bond acceptors (Lipinski definition) is 14. The highest BCUT2D eigenvalue weighted by atomic mass is 16.4. The van der Waals surface area contributed by atoms with Gasteiger partial charge in [-0.2, -0.15) is 0 Å². The van der Waals surface area contributed by atoms with Crippen molar-refractivity contribution in [3.05, 3.63) is 0 Å². The van der Waals surface area contributed by atoms with Gasteiger partial charge in [-0.3, -0.25) is 43.3 Å². The number of nitrogens with zero attached hydrogens (tertiary/aromatic N) is 2. The third-order valence-corrected chi connectivity index (χ3v) is 10.9. The standard InChI is InChI=1S/C41H74N12O13/c1-7-22(4)31(40(65)66)51-35(60)26(12-8-9-15-45-24(6)57)48-36(61)29(20-55)50-38(63)32(23(5)56)52-37(62)30-14-11-17-53(30)39(64)28(18-21(2)3)49-34(59)27(13-10-16-46-41(43)44)47-33(58)25(42)19-54/h21-23,25-32,54-56H,7-20,42H2,1-6H3,(H,45,57)(H,47,58)(H,48,61)(H,49,59)(H,50,63)(H,51,60)(H,52,62)(H,65,66)(H4,43,44,46)/t22-,23+,25-,26-,27-,28-,29-,30-,31-,32-/m0/s1. The van der Waals surface area contributed by atoms with Crippen molar-refractivity contribution in [2.45, 2.75) is 154 Å². The van der Waals surface area contributed by atoms with Crippen molar-refractivity contribution in [3.8, 4) is 0 Å². The molecule has 0 saturated carbocycles. The third kappa shape index (κ3) is 20.2. The van der Waals surface area contributed by atoms with Crippen molar-refractivity contribution in [1.29, 1.82) is 0 Å². The van der Waals surface area contributed by atoms with Crippen LogP contribution < -0.4 is 54.4 Å². The van der Waals surface area contributed by atoms with Gasteiger partial charge in [0.1, 0.15) is 48.3 Å². The first kappa shape index (κ1) is 58.4. The summed E-state index contributed by atoms with van der Waals surface area (Å²) < 4.78 is 0. The molecule has 66 heavy (non-hydrogen) atoms. The maximum atomic E-state index is 14.2. The number of carboxylic acid groups (broad SMARTS) is 1. The topological polar surface area (TPSA) is 412 Å². The highest BCUT2D eigenvalue weighted by molar-refractivity contribution is 5.98. The van der Waals surface area contributed by atoms with E-state index in [9.17, 15) is 63.6 Å². The molecule has 0 radical (unpaired) electrons. The lowest BCUT2D eigenvalue weighted by Crippen LogP contribution is -2.62. The zero-order valence-corrected chi connectivity index (χ0v) is 38.8. The Bertz CT molecular complexity index is 1680. The molecule has 1 saturated heterocycles. The largest absolute Gasteiger partial charge is 0.480 e. The number of aliphatic hydroxyl groups is 3. The van der Waals surface area contributed by atoms with E-state index in [1.165, 1.54) is 18.7 Å². The van der Waals surface area contributed by atoms with Crippen LogP contribution in [0.3, 0.4) is 0 Å². The van der Waals surface area contributed by atoms with Crippen molar-refractivity contribution in [2.24, 2.45) is 34.0 Å². The Morgan fingerprint density at radius 3 is 1.82 bits per heavy atom. The molecule has 0 bridgehead atoms. The van der Waals surface area contributed by atoms with Crippen LogP contribution in [0.5, 0.6) is 0 Å². The molecule has 0 aromatic carbocycles. The lowest BCUT2D eigenvalue weighted by molar-refractivity contribution is -0.144. The van der Waals surface area contributed by atoms with Gasteiger partial charge in [0.05, 0.1) is 19.3 Å². The second kappa shape index (κ2) is 29.8. The molecule has 1 rings (SSSR count). The third-order valence-electron chi connectivity index (χ3n) is 10.9. The number of aliphatic imine (C=N–C) groups is 1. The van der Waals surface area contributed by atoms with E-state index in [4.69, 9.17) is 17.2 Å². The van der Waals surface area contributed by atoms with Crippen LogP contribution in [-0.2, 0) is 43.2 Å². The molecule has 1 aliphatic rings. The highest BCUT2D eigenvalue weighted by Gasteiger charge is 2.41. The molecular weight excluding hydrogens is 869 g/mol. The van der Waals surface area contributed by atoms with Gasteiger partial charge in [0.25, 0.3) is 0 Å². The minimum absolute atomic E-state index is 0.0159. The first-order valence-electron chi connectivity index (χ1n) is 22.3. The van der Waals surface area contributed by atoms with Crippen LogP contribution >= 0.6 is 0 Å². The van der Waals surface area contributed by atoms with Gasteiger partial charge in [-0.15, -0.1) is 0 Å². The van der Waals surface area contributed by atoms with Crippen molar-refractivity contribution in [3.63, 3.8) is 0 Å². The van der Waals surface area contributed by atoms with Gasteiger partial charge in [-0.25, -0.2) is 4.79 Å². The summed E-state index contributed by atoms with van der Waals surface area (Å²) in [5, 5.41) is 57.3. The van der Waals surface area contributed by atoms with Crippen LogP contribution in [0.1, 0.15) is 99.3 Å². The summed E-state index contributed by atoms with van der Waals surface area (Å²) in [5.74, 6) is -8.45. The van der Waals surface area contributed by atoms with Crippen LogP contribution in [0.4, 0.5) is 0 Å². The van der Waals surface area contributed by atoms with Gasteiger partial charge in [0.15, 0.2) is 5.96 Å². The van der Waals surface area contributed by atoms with E-state index in [1.54, 1.807) is 27.7 Å². The number of carboxylic acids is 1. The molecule has 25 heteroatoms. The second-order valence-electron chi connectivity index (χ2n) is 16.9. The predicted molar refractivity (Wildman–Crippen MR) is 239 cm³/mol. The zero-order chi connectivity index (χ0) is 50.3. The molecular formula is C41H74N12O13. The van der Waals surface area contributed by atoms with Crippen LogP contribution in [0, 0.1) is 11.8 Å². The van der Waals surface area contributed by atoms with Crippen LogP contribution in [-0.4, -0.2) is 172 Å². The summed E-state index contributed by atoms with van der Waals surface area (Å²) in [6, 6.07) is -11.0. The number of amides is 8. The summed E-state index contributed by atoms with van der Waals surface area (Å²) in [6.45, 7) is 8.24. The molecule has 376 valence electrons. The first-order chi connectivity index (χ1) is 31.0. The number of likely N-dealkylation sites (tertiary alicyclic amines) is 1.